The fraction of sp³-hybridized carbons (Fsp3) is 1.00. The van der Waals surface area contributed by atoms with Gasteiger partial charge in [-0.3, -0.25) is 4.90 Å². The molecule has 1 saturated carbocycles. The van der Waals surface area contributed by atoms with E-state index in [9.17, 15) is 0 Å². The molecule has 1 aliphatic carbocycles. The average Bonchev–Trinajstić information content (AvgIpc) is 2.43. The van der Waals surface area contributed by atoms with Crippen molar-refractivity contribution in [2.24, 2.45) is 11.8 Å². The van der Waals surface area contributed by atoms with E-state index in [2.05, 4.69) is 24.3 Å². The predicted molar refractivity (Wildman–Crippen MR) is 37.1 cm³/mol. The summed E-state index contributed by atoms with van der Waals surface area (Å²) in [6, 6.07) is 0. The molecule has 2 aliphatic rings. The highest BCUT2D eigenvalue weighted by Crippen LogP contribution is 2.45. The van der Waals surface area contributed by atoms with Crippen molar-refractivity contribution in [1.29, 1.82) is 0 Å². The predicted octanol–water partition coefficient (Wildman–Crippen LogP) is 0.113. The van der Waals surface area contributed by atoms with Crippen molar-refractivity contribution in [2.75, 3.05) is 20.6 Å². The summed E-state index contributed by atoms with van der Waals surface area (Å²) in [6.45, 7) is 1.26. The van der Waals surface area contributed by atoms with Gasteiger partial charge in [0.15, 0.2) is 0 Å². The van der Waals surface area contributed by atoms with Gasteiger partial charge in [0.1, 0.15) is 0 Å². The van der Waals surface area contributed by atoms with Gasteiger partial charge in [-0.25, -0.2) is 0 Å². The average molecular weight is 126 g/mol. The fourth-order valence-corrected chi connectivity index (χ4v) is 1.88. The maximum Gasteiger partial charge on any atom is 0.0624 e. The van der Waals surface area contributed by atoms with Crippen LogP contribution in [0, 0.1) is 11.8 Å². The molecule has 0 aromatic heterocycles. The second kappa shape index (κ2) is 1.70. The molecule has 0 radical (unpaired) electrons. The Morgan fingerprint density at radius 3 is 2.44 bits per heavy atom. The van der Waals surface area contributed by atoms with Gasteiger partial charge in [-0.15, -0.1) is 0 Å². The minimum absolute atomic E-state index is 0.690. The smallest absolute Gasteiger partial charge is 0.0624 e. The number of nitrogens with one attached hydrogen (secondary N) is 1. The first kappa shape index (κ1) is 5.69. The number of rotatable bonds is 1. The molecule has 0 aromatic rings. The molecule has 2 fully saturated rings. The van der Waals surface area contributed by atoms with Gasteiger partial charge >= 0.3 is 0 Å². The maximum atomic E-state index is 3.48. The lowest BCUT2D eigenvalue weighted by Gasteiger charge is -2.20. The largest absolute Gasteiger partial charge is 0.301 e. The quantitative estimate of drug-likeness (QED) is 0.536. The molecular formula is C7H14N2. The molecule has 0 bridgehead atoms. The summed E-state index contributed by atoms with van der Waals surface area (Å²) in [5.41, 5.74) is 0. The van der Waals surface area contributed by atoms with Crippen molar-refractivity contribution in [3.63, 3.8) is 0 Å². The molecule has 3 atom stereocenters. The number of fused-ring (bicyclic) bond motifs is 1. The van der Waals surface area contributed by atoms with Crippen molar-refractivity contribution >= 4 is 0 Å². The van der Waals surface area contributed by atoms with Gasteiger partial charge in [-0.1, -0.05) is 0 Å². The zero-order chi connectivity index (χ0) is 6.43. The summed E-state index contributed by atoms with van der Waals surface area (Å²) in [7, 11) is 4.30. The molecule has 9 heavy (non-hydrogen) atoms. The lowest BCUT2D eigenvalue weighted by molar-refractivity contribution is 0.246. The maximum absolute atomic E-state index is 3.48. The van der Waals surface area contributed by atoms with Crippen molar-refractivity contribution in [3.8, 4) is 0 Å². The van der Waals surface area contributed by atoms with Gasteiger partial charge < -0.3 is 5.32 Å². The van der Waals surface area contributed by atoms with Gasteiger partial charge in [0.25, 0.3) is 0 Å². The van der Waals surface area contributed by atoms with Gasteiger partial charge in [-0.05, 0) is 38.9 Å². The van der Waals surface area contributed by atoms with Crippen LogP contribution in [-0.4, -0.2) is 31.7 Å². The van der Waals surface area contributed by atoms with Crippen molar-refractivity contribution in [2.45, 2.75) is 12.6 Å². The van der Waals surface area contributed by atoms with E-state index in [0.717, 1.165) is 11.8 Å². The summed E-state index contributed by atoms with van der Waals surface area (Å²) in [5, 5.41) is 3.48. The second-order valence-corrected chi connectivity index (χ2v) is 3.48. The lowest BCUT2D eigenvalue weighted by Crippen LogP contribution is -2.39. The Bertz CT molecular complexity index is 122. The number of hydrogen-bond donors (Lipinski definition) is 1. The van der Waals surface area contributed by atoms with Crippen LogP contribution in [0.1, 0.15) is 6.42 Å². The molecule has 52 valence electrons. The van der Waals surface area contributed by atoms with Crippen LogP contribution in [0.4, 0.5) is 0 Å². The highest BCUT2D eigenvalue weighted by Gasteiger charge is 2.48. The number of piperidine rings is 1. The van der Waals surface area contributed by atoms with Crippen molar-refractivity contribution in [1.82, 2.24) is 10.2 Å². The van der Waals surface area contributed by atoms with E-state index >= 15 is 0 Å². The molecule has 1 saturated heterocycles. The fourth-order valence-electron chi connectivity index (χ4n) is 1.88. The minimum Gasteiger partial charge on any atom is -0.301 e. The summed E-state index contributed by atoms with van der Waals surface area (Å²) >= 11 is 0. The highest BCUT2D eigenvalue weighted by molar-refractivity contribution is 5.00. The Balaban J connectivity index is 1.98. The summed E-state index contributed by atoms with van der Waals surface area (Å²) < 4.78 is 0. The van der Waals surface area contributed by atoms with Gasteiger partial charge in [0.05, 0.1) is 6.17 Å². The lowest BCUT2D eigenvalue weighted by atomic mass is 10.3. The molecule has 2 nitrogen and oxygen atoms in total. The van der Waals surface area contributed by atoms with E-state index in [1.54, 1.807) is 0 Å². The van der Waals surface area contributed by atoms with E-state index in [1.807, 2.05) is 0 Å². The molecule has 2 rings (SSSR count). The van der Waals surface area contributed by atoms with Crippen LogP contribution in [0.5, 0.6) is 0 Å². The number of nitrogens with zero attached hydrogens (tertiary/aromatic N) is 1. The van der Waals surface area contributed by atoms with E-state index in [4.69, 9.17) is 0 Å². The topological polar surface area (TPSA) is 15.3 Å². The first-order valence-corrected chi connectivity index (χ1v) is 3.69. The molecule has 2 heteroatoms. The summed E-state index contributed by atoms with van der Waals surface area (Å²) in [5.74, 6) is 2.01. The Hall–Kier alpha value is -0.0800. The second-order valence-electron chi connectivity index (χ2n) is 3.48. The zero-order valence-electron chi connectivity index (χ0n) is 6.09. The normalized spacial score (nSPS) is 47.7. The van der Waals surface area contributed by atoms with E-state index in [1.165, 1.54) is 13.0 Å². The van der Waals surface area contributed by atoms with E-state index in [-0.39, 0.29) is 0 Å². The Kier molecular flexibility index (Phi) is 1.08. The minimum atomic E-state index is 0.690. The standard InChI is InChI=1S/C7H14N2/c1-9(2)7-6-3-5(6)4-8-7/h5-8H,3-4H2,1-2H3. The molecule has 0 amide bonds. The van der Waals surface area contributed by atoms with Crippen LogP contribution < -0.4 is 5.32 Å². The molecule has 3 unspecified atom stereocenters. The Morgan fingerprint density at radius 2 is 2.22 bits per heavy atom. The SMILES string of the molecule is CN(C)C1NCC2CC21. The molecule has 0 spiro atoms. The monoisotopic (exact) mass is 126 g/mol. The zero-order valence-corrected chi connectivity index (χ0v) is 6.09. The first-order chi connectivity index (χ1) is 4.29. The molecule has 1 aliphatic heterocycles. The van der Waals surface area contributed by atoms with E-state index < -0.39 is 0 Å². The van der Waals surface area contributed by atoms with Gasteiger partial charge in [0, 0.05) is 0 Å². The third kappa shape index (κ3) is 0.775. The summed E-state index contributed by atoms with van der Waals surface area (Å²) in [6.07, 6.45) is 2.16. The van der Waals surface area contributed by atoms with Crippen molar-refractivity contribution in [3.05, 3.63) is 0 Å². The molecule has 1 heterocycles. The van der Waals surface area contributed by atoms with Crippen LogP contribution in [0.3, 0.4) is 0 Å². The number of hydrogen-bond acceptors (Lipinski definition) is 2. The van der Waals surface area contributed by atoms with Crippen LogP contribution in [-0.2, 0) is 0 Å². The van der Waals surface area contributed by atoms with Crippen molar-refractivity contribution < 1.29 is 0 Å². The first-order valence-electron chi connectivity index (χ1n) is 3.69. The Labute approximate surface area is 56.2 Å². The molecule has 1 N–H and O–H groups in total. The Morgan fingerprint density at radius 1 is 1.44 bits per heavy atom. The van der Waals surface area contributed by atoms with Crippen LogP contribution >= 0.6 is 0 Å². The third-order valence-electron chi connectivity index (χ3n) is 2.53. The van der Waals surface area contributed by atoms with Crippen LogP contribution in [0.25, 0.3) is 0 Å². The highest BCUT2D eigenvalue weighted by atomic mass is 15.3. The van der Waals surface area contributed by atoms with Crippen LogP contribution in [0.15, 0.2) is 0 Å². The van der Waals surface area contributed by atoms with Gasteiger partial charge in [0.2, 0.25) is 0 Å². The summed E-state index contributed by atoms with van der Waals surface area (Å²) in [4.78, 5) is 2.29. The third-order valence-corrected chi connectivity index (χ3v) is 2.53. The van der Waals surface area contributed by atoms with E-state index in [0.29, 0.717) is 6.17 Å². The van der Waals surface area contributed by atoms with Gasteiger partial charge in [-0.2, -0.15) is 0 Å². The van der Waals surface area contributed by atoms with Crippen LogP contribution in [0.2, 0.25) is 0 Å². The molecular weight excluding hydrogens is 112 g/mol. The molecule has 0 aromatic carbocycles.